The van der Waals surface area contributed by atoms with Crippen molar-refractivity contribution in [1.29, 1.82) is 0 Å². The summed E-state index contributed by atoms with van der Waals surface area (Å²) in [6.07, 6.45) is 0. The zero-order valence-corrected chi connectivity index (χ0v) is 13.2. The Bertz CT molecular complexity index is 594. The first-order chi connectivity index (χ1) is 8.52. The van der Waals surface area contributed by atoms with Gasteiger partial charge in [-0.25, -0.2) is 9.97 Å². The van der Waals surface area contributed by atoms with Gasteiger partial charge in [0.15, 0.2) is 5.82 Å². The lowest BCUT2D eigenvalue weighted by atomic mass is 10.1. The Labute approximate surface area is 121 Å². The van der Waals surface area contributed by atoms with Gasteiger partial charge in [0.1, 0.15) is 5.82 Å². The lowest BCUT2D eigenvalue weighted by Gasteiger charge is -2.11. The number of aromatic nitrogens is 2. The van der Waals surface area contributed by atoms with Gasteiger partial charge in [-0.15, -0.1) is 0 Å². The van der Waals surface area contributed by atoms with Crippen molar-refractivity contribution in [2.45, 2.75) is 20.8 Å². The van der Waals surface area contributed by atoms with E-state index in [9.17, 15) is 0 Å². The predicted octanol–water partition coefficient (Wildman–Crippen LogP) is 3.72. The fraction of sp³-hybridized carbons (Fsp3) is 0.286. The highest BCUT2D eigenvalue weighted by atomic mass is 127. The summed E-state index contributed by atoms with van der Waals surface area (Å²) in [6.45, 7) is 6.19. The molecule has 0 aliphatic rings. The molecule has 0 saturated carbocycles. The average Bonchev–Trinajstić information content (AvgIpc) is 2.35. The largest absolute Gasteiger partial charge is 0.372 e. The smallest absolute Gasteiger partial charge is 0.162 e. The molecule has 0 aliphatic carbocycles. The van der Waals surface area contributed by atoms with Crippen molar-refractivity contribution in [2.24, 2.45) is 0 Å². The number of halogens is 1. The molecule has 0 aliphatic heterocycles. The summed E-state index contributed by atoms with van der Waals surface area (Å²) >= 11 is 2.27. The van der Waals surface area contributed by atoms with Gasteiger partial charge in [0, 0.05) is 12.6 Å². The number of anilines is 1. The molecule has 1 aromatic heterocycles. The molecule has 0 atom stereocenters. The highest BCUT2D eigenvalue weighted by molar-refractivity contribution is 14.1. The van der Waals surface area contributed by atoms with E-state index in [0.29, 0.717) is 0 Å². The third-order valence-corrected chi connectivity index (χ3v) is 4.18. The monoisotopic (exact) mass is 353 g/mol. The molecule has 2 aromatic rings. The number of nitrogens with one attached hydrogen (secondary N) is 1. The molecule has 4 heteroatoms. The maximum absolute atomic E-state index is 4.59. The normalized spacial score (nSPS) is 10.5. The van der Waals surface area contributed by atoms with Gasteiger partial charge in [-0.1, -0.05) is 17.7 Å². The van der Waals surface area contributed by atoms with Crippen LogP contribution in [0.2, 0.25) is 0 Å². The van der Waals surface area contributed by atoms with Crippen molar-refractivity contribution >= 4 is 28.4 Å². The topological polar surface area (TPSA) is 37.8 Å². The second kappa shape index (κ2) is 5.22. The van der Waals surface area contributed by atoms with Gasteiger partial charge in [0.2, 0.25) is 0 Å². The van der Waals surface area contributed by atoms with Gasteiger partial charge in [0.05, 0.1) is 9.26 Å². The molecule has 94 valence electrons. The van der Waals surface area contributed by atoms with Crippen molar-refractivity contribution in [2.75, 3.05) is 12.4 Å². The summed E-state index contributed by atoms with van der Waals surface area (Å²) in [4.78, 5) is 9.19. The molecule has 0 spiro atoms. The first-order valence-electron chi connectivity index (χ1n) is 5.82. The minimum atomic E-state index is 0.790. The molecule has 0 bridgehead atoms. The van der Waals surface area contributed by atoms with Crippen LogP contribution >= 0.6 is 22.6 Å². The SMILES string of the molecule is CNc1nc(-c2cc(C)ccc2C)nc(C)c1I. The Kier molecular flexibility index (Phi) is 3.85. The molecular weight excluding hydrogens is 337 g/mol. The molecule has 1 heterocycles. The minimum absolute atomic E-state index is 0.790. The maximum Gasteiger partial charge on any atom is 0.162 e. The van der Waals surface area contributed by atoms with Crippen LogP contribution in [0.25, 0.3) is 11.4 Å². The van der Waals surface area contributed by atoms with Crippen LogP contribution in [0, 0.1) is 24.3 Å². The van der Waals surface area contributed by atoms with Crippen LogP contribution in [0.15, 0.2) is 18.2 Å². The van der Waals surface area contributed by atoms with Crippen LogP contribution in [-0.4, -0.2) is 17.0 Å². The molecule has 0 saturated heterocycles. The van der Waals surface area contributed by atoms with E-state index in [4.69, 9.17) is 0 Å². The summed E-state index contributed by atoms with van der Waals surface area (Å²) in [7, 11) is 1.89. The highest BCUT2D eigenvalue weighted by Crippen LogP contribution is 2.26. The number of aryl methyl sites for hydroxylation is 3. The Balaban J connectivity index is 2.64. The Morgan fingerprint density at radius 2 is 1.83 bits per heavy atom. The van der Waals surface area contributed by atoms with Crippen LogP contribution in [0.4, 0.5) is 5.82 Å². The van der Waals surface area contributed by atoms with Gasteiger partial charge < -0.3 is 5.32 Å². The van der Waals surface area contributed by atoms with Gasteiger partial charge in [-0.05, 0) is 55.0 Å². The van der Waals surface area contributed by atoms with Gasteiger partial charge in [-0.2, -0.15) is 0 Å². The van der Waals surface area contributed by atoms with Crippen molar-refractivity contribution in [3.8, 4) is 11.4 Å². The summed E-state index contributed by atoms with van der Waals surface area (Å²) in [5.74, 6) is 1.68. The summed E-state index contributed by atoms with van der Waals surface area (Å²) in [5, 5.41) is 3.12. The fourth-order valence-electron chi connectivity index (χ4n) is 1.82. The number of hydrogen-bond acceptors (Lipinski definition) is 3. The van der Waals surface area contributed by atoms with Crippen LogP contribution in [0.1, 0.15) is 16.8 Å². The molecule has 3 nitrogen and oxygen atoms in total. The molecule has 1 N–H and O–H groups in total. The molecule has 1 aromatic carbocycles. The molecular formula is C14H16IN3. The van der Waals surface area contributed by atoms with Gasteiger partial charge in [-0.3, -0.25) is 0 Å². The van der Waals surface area contributed by atoms with Crippen LogP contribution in [0.3, 0.4) is 0 Å². The quantitative estimate of drug-likeness (QED) is 0.837. The van der Waals surface area contributed by atoms with Crippen molar-refractivity contribution in [3.05, 3.63) is 38.6 Å². The molecule has 0 fully saturated rings. The van der Waals surface area contributed by atoms with E-state index in [0.717, 1.165) is 26.5 Å². The molecule has 2 rings (SSSR count). The van der Waals surface area contributed by atoms with Crippen LogP contribution in [0.5, 0.6) is 0 Å². The summed E-state index contributed by atoms with van der Waals surface area (Å²) in [6, 6.07) is 6.36. The zero-order valence-electron chi connectivity index (χ0n) is 11.0. The number of nitrogens with zero attached hydrogens (tertiary/aromatic N) is 2. The van der Waals surface area contributed by atoms with E-state index >= 15 is 0 Å². The van der Waals surface area contributed by atoms with Crippen molar-refractivity contribution in [3.63, 3.8) is 0 Å². The lowest BCUT2D eigenvalue weighted by Crippen LogP contribution is -2.03. The third kappa shape index (κ3) is 2.48. The average molecular weight is 353 g/mol. The molecule has 18 heavy (non-hydrogen) atoms. The first kappa shape index (κ1) is 13.3. The molecule has 0 unspecified atom stereocenters. The fourth-order valence-corrected chi connectivity index (χ4v) is 2.33. The van der Waals surface area contributed by atoms with E-state index in [1.54, 1.807) is 0 Å². The number of benzene rings is 1. The highest BCUT2D eigenvalue weighted by Gasteiger charge is 2.11. The standard InChI is InChI=1S/C14H16IN3/c1-8-5-6-9(2)11(7-8)13-17-10(3)12(15)14(16-4)18-13/h5-7H,1-4H3,(H,16,17,18). The Morgan fingerprint density at radius 3 is 2.50 bits per heavy atom. The van der Waals surface area contributed by atoms with Crippen molar-refractivity contribution < 1.29 is 0 Å². The third-order valence-electron chi connectivity index (χ3n) is 2.89. The van der Waals surface area contributed by atoms with E-state index in [1.165, 1.54) is 11.1 Å². The van der Waals surface area contributed by atoms with E-state index in [1.807, 2.05) is 14.0 Å². The second-order valence-corrected chi connectivity index (χ2v) is 5.44. The first-order valence-corrected chi connectivity index (χ1v) is 6.90. The van der Waals surface area contributed by atoms with E-state index < -0.39 is 0 Å². The Hall–Kier alpha value is -1.17. The van der Waals surface area contributed by atoms with Gasteiger partial charge in [0.25, 0.3) is 0 Å². The van der Waals surface area contributed by atoms with Gasteiger partial charge >= 0.3 is 0 Å². The van der Waals surface area contributed by atoms with E-state index in [-0.39, 0.29) is 0 Å². The predicted molar refractivity (Wildman–Crippen MR) is 83.9 cm³/mol. The van der Waals surface area contributed by atoms with E-state index in [2.05, 4.69) is 69.9 Å². The summed E-state index contributed by atoms with van der Waals surface area (Å²) in [5.41, 5.74) is 4.53. The number of rotatable bonds is 2. The minimum Gasteiger partial charge on any atom is -0.372 e. The maximum atomic E-state index is 4.59. The second-order valence-electron chi connectivity index (χ2n) is 4.36. The summed E-state index contributed by atoms with van der Waals surface area (Å²) < 4.78 is 1.07. The molecule has 0 radical (unpaired) electrons. The lowest BCUT2D eigenvalue weighted by molar-refractivity contribution is 1.08. The Morgan fingerprint density at radius 1 is 1.11 bits per heavy atom. The van der Waals surface area contributed by atoms with Crippen LogP contribution in [-0.2, 0) is 0 Å². The van der Waals surface area contributed by atoms with Crippen molar-refractivity contribution in [1.82, 2.24) is 9.97 Å². The van der Waals surface area contributed by atoms with Crippen LogP contribution < -0.4 is 5.32 Å². The zero-order chi connectivity index (χ0) is 13.3. The number of hydrogen-bond donors (Lipinski definition) is 1. The molecule has 0 amide bonds.